The van der Waals surface area contributed by atoms with Crippen molar-refractivity contribution in [2.24, 2.45) is 0 Å². The molecule has 0 N–H and O–H groups in total. The predicted molar refractivity (Wildman–Crippen MR) is 71.6 cm³/mol. The first-order chi connectivity index (χ1) is 8.00. The van der Waals surface area contributed by atoms with Gasteiger partial charge in [-0.15, -0.1) is 0 Å². The lowest BCUT2D eigenvalue weighted by molar-refractivity contribution is 0.619. The van der Waals surface area contributed by atoms with E-state index in [4.69, 9.17) is 34.8 Å². The zero-order valence-corrected chi connectivity index (χ0v) is 11.2. The van der Waals surface area contributed by atoms with Crippen molar-refractivity contribution in [3.05, 3.63) is 56.8 Å². The van der Waals surface area contributed by atoms with E-state index in [2.05, 4.69) is 0 Å². The molecule has 17 heavy (non-hydrogen) atoms. The summed E-state index contributed by atoms with van der Waals surface area (Å²) in [4.78, 5) is 0. The highest BCUT2D eigenvalue weighted by atomic mass is 35.5. The van der Waals surface area contributed by atoms with Gasteiger partial charge < -0.3 is 0 Å². The van der Waals surface area contributed by atoms with Gasteiger partial charge in [0.15, 0.2) is 0 Å². The molecule has 2 aromatic carbocycles. The van der Waals surface area contributed by atoms with E-state index in [1.807, 2.05) is 0 Å². The van der Waals surface area contributed by atoms with Crippen LogP contribution in [0.5, 0.6) is 0 Å². The molecule has 2 aromatic rings. The van der Waals surface area contributed by atoms with Crippen LogP contribution in [0.25, 0.3) is 11.1 Å². The minimum atomic E-state index is -0.261. The summed E-state index contributed by atoms with van der Waals surface area (Å²) < 4.78 is 13.2. The van der Waals surface area contributed by atoms with Crippen LogP contribution in [0.4, 0.5) is 4.39 Å². The highest BCUT2D eigenvalue weighted by Crippen LogP contribution is 2.39. The molecule has 0 aliphatic heterocycles. The van der Waals surface area contributed by atoms with Gasteiger partial charge in [-0.3, -0.25) is 0 Å². The Morgan fingerprint density at radius 3 is 2.24 bits per heavy atom. The molecule has 2 rings (SSSR count). The second-order valence-electron chi connectivity index (χ2n) is 3.68. The minimum absolute atomic E-state index is 0.261. The van der Waals surface area contributed by atoms with Crippen LogP contribution in [0.3, 0.4) is 0 Å². The number of hydrogen-bond acceptors (Lipinski definition) is 0. The Kier molecular flexibility index (Phi) is 3.62. The Balaban J connectivity index is 2.68. The zero-order chi connectivity index (χ0) is 12.6. The van der Waals surface area contributed by atoms with Crippen LogP contribution < -0.4 is 0 Å². The fourth-order valence-corrected chi connectivity index (χ4v) is 2.34. The third kappa shape index (κ3) is 2.42. The second-order valence-corrected chi connectivity index (χ2v) is 4.87. The van der Waals surface area contributed by atoms with Crippen LogP contribution >= 0.6 is 34.8 Å². The van der Waals surface area contributed by atoms with Crippen LogP contribution in [0.1, 0.15) is 5.56 Å². The molecule has 0 spiro atoms. The molecule has 0 saturated heterocycles. The average molecular weight is 290 g/mol. The van der Waals surface area contributed by atoms with Crippen molar-refractivity contribution in [2.45, 2.75) is 6.92 Å². The van der Waals surface area contributed by atoms with E-state index in [-0.39, 0.29) is 5.82 Å². The van der Waals surface area contributed by atoms with Crippen molar-refractivity contribution in [3.63, 3.8) is 0 Å². The van der Waals surface area contributed by atoms with Gasteiger partial charge in [0.25, 0.3) is 0 Å². The van der Waals surface area contributed by atoms with E-state index in [1.165, 1.54) is 6.07 Å². The molecule has 0 unspecified atom stereocenters. The topological polar surface area (TPSA) is 0 Å². The molecule has 0 fully saturated rings. The van der Waals surface area contributed by atoms with E-state index in [9.17, 15) is 4.39 Å². The molecule has 0 aromatic heterocycles. The fourth-order valence-electron chi connectivity index (χ4n) is 1.59. The molecular formula is C13H8Cl3F. The van der Waals surface area contributed by atoms with Gasteiger partial charge in [-0.1, -0.05) is 40.9 Å². The highest BCUT2D eigenvalue weighted by molar-refractivity contribution is 6.46. The first kappa shape index (κ1) is 12.7. The third-order valence-corrected chi connectivity index (χ3v) is 3.61. The Hall–Kier alpha value is -0.760. The molecule has 0 bridgehead atoms. The van der Waals surface area contributed by atoms with E-state index in [0.717, 1.165) is 5.56 Å². The predicted octanol–water partition coefficient (Wildman–Crippen LogP) is 5.76. The molecular weight excluding hydrogens is 282 g/mol. The summed E-state index contributed by atoms with van der Waals surface area (Å²) in [5.74, 6) is -0.261. The van der Waals surface area contributed by atoms with Gasteiger partial charge in [0.1, 0.15) is 5.82 Å². The molecule has 0 aliphatic carbocycles. The van der Waals surface area contributed by atoms with Gasteiger partial charge in [-0.2, -0.15) is 0 Å². The zero-order valence-electron chi connectivity index (χ0n) is 8.90. The summed E-state index contributed by atoms with van der Waals surface area (Å²) in [7, 11) is 0. The molecule has 0 heterocycles. The Morgan fingerprint density at radius 2 is 1.59 bits per heavy atom. The maximum absolute atomic E-state index is 13.2. The molecule has 0 aliphatic rings. The summed E-state index contributed by atoms with van der Waals surface area (Å²) in [5.41, 5.74) is 1.92. The van der Waals surface area contributed by atoms with Crippen LogP contribution in [-0.2, 0) is 0 Å². The lowest BCUT2D eigenvalue weighted by Crippen LogP contribution is -1.87. The standard InChI is InChI=1S/C13H8Cl3F/c1-7-6-8(2-5-11(7)17)12-9(14)3-4-10(15)13(12)16/h2-6H,1H3. The van der Waals surface area contributed by atoms with E-state index >= 15 is 0 Å². The number of aryl methyl sites for hydroxylation is 1. The van der Waals surface area contributed by atoms with Crippen molar-refractivity contribution in [1.29, 1.82) is 0 Å². The lowest BCUT2D eigenvalue weighted by Gasteiger charge is -2.09. The quantitative estimate of drug-likeness (QED) is 0.585. The maximum atomic E-state index is 13.2. The number of rotatable bonds is 1. The SMILES string of the molecule is Cc1cc(-c2c(Cl)ccc(Cl)c2Cl)ccc1F. The molecule has 0 saturated carbocycles. The van der Waals surface area contributed by atoms with E-state index in [1.54, 1.807) is 31.2 Å². The van der Waals surface area contributed by atoms with Gasteiger partial charge in [0.05, 0.1) is 10.0 Å². The third-order valence-electron chi connectivity index (χ3n) is 2.49. The second kappa shape index (κ2) is 4.85. The first-order valence-electron chi connectivity index (χ1n) is 4.90. The van der Waals surface area contributed by atoms with Gasteiger partial charge >= 0.3 is 0 Å². The number of benzene rings is 2. The maximum Gasteiger partial charge on any atom is 0.126 e. The Morgan fingerprint density at radius 1 is 0.941 bits per heavy atom. The first-order valence-corrected chi connectivity index (χ1v) is 6.04. The fraction of sp³-hybridized carbons (Fsp3) is 0.0769. The van der Waals surface area contributed by atoms with Gasteiger partial charge in [-0.05, 0) is 42.3 Å². The van der Waals surface area contributed by atoms with E-state index in [0.29, 0.717) is 26.2 Å². The normalized spacial score (nSPS) is 10.6. The molecule has 0 nitrogen and oxygen atoms in total. The van der Waals surface area contributed by atoms with Gasteiger partial charge in [0.2, 0.25) is 0 Å². The Bertz CT molecular complexity index is 579. The smallest absolute Gasteiger partial charge is 0.126 e. The monoisotopic (exact) mass is 288 g/mol. The van der Waals surface area contributed by atoms with Crippen molar-refractivity contribution < 1.29 is 4.39 Å². The molecule has 0 radical (unpaired) electrons. The minimum Gasteiger partial charge on any atom is -0.207 e. The average Bonchev–Trinajstić information content (AvgIpc) is 2.29. The summed E-state index contributed by atoms with van der Waals surface area (Å²) in [6.45, 7) is 1.69. The summed E-state index contributed by atoms with van der Waals surface area (Å²) in [6.07, 6.45) is 0. The van der Waals surface area contributed by atoms with Crippen LogP contribution in [0, 0.1) is 12.7 Å². The van der Waals surface area contributed by atoms with E-state index < -0.39 is 0 Å². The lowest BCUT2D eigenvalue weighted by atomic mass is 10.0. The molecule has 0 amide bonds. The van der Waals surface area contributed by atoms with Crippen LogP contribution in [0.15, 0.2) is 30.3 Å². The summed E-state index contributed by atoms with van der Waals surface area (Å²) in [5, 5.41) is 1.30. The number of hydrogen-bond donors (Lipinski definition) is 0. The summed E-state index contributed by atoms with van der Waals surface area (Å²) in [6, 6.07) is 8.01. The van der Waals surface area contributed by atoms with Crippen molar-refractivity contribution >= 4 is 34.8 Å². The van der Waals surface area contributed by atoms with Crippen LogP contribution in [-0.4, -0.2) is 0 Å². The Labute approximate surface area is 114 Å². The largest absolute Gasteiger partial charge is 0.207 e. The summed E-state index contributed by atoms with van der Waals surface area (Å²) >= 11 is 18.1. The van der Waals surface area contributed by atoms with Crippen molar-refractivity contribution in [1.82, 2.24) is 0 Å². The highest BCUT2D eigenvalue weighted by Gasteiger charge is 2.12. The number of halogens is 4. The van der Waals surface area contributed by atoms with Crippen molar-refractivity contribution in [2.75, 3.05) is 0 Å². The molecule has 4 heteroatoms. The van der Waals surface area contributed by atoms with Crippen LogP contribution in [0.2, 0.25) is 15.1 Å². The van der Waals surface area contributed by atoms with Gasteiger partial charge in [-0.25, -0.2) is 4.39 Å². The van der Waals surface area contributed by atoms with Gasteiger partial charge in [0, 0.05) is 10.6 Å². The molecule has 88 valence electrons. The van der Waals surface area contributed by atoms with Crippen molar-refractivity contribution in [3.8, 4) is 11.1 Å². The molecule has 0 atom stereocenters.